The summed E-state index contributed by atoms with van der Waals surface area (Å²) >= 11 is 0. The van der Waals surface area contributed by atoms with Crippen LogP contribution in [0.2, 0.25) is 0 Å². The van der Waals surface area contributed by atoms with E-state index in [-0.39, 0.29) is 5.54 Å². The van der Waals surface area contributed by atoms with E-state index in [9.17, 15) is 0 Å². The number of hydrogen-bond acceptors (Lipinski definition) is 3. The van der Waals surface area contributed by atoms with Gasteiger partial charge in [0.1, 0.15) is 12.2 Å². The molecule has 0 saturated heterocycles. The molecule has 1 aromatic carbocycles. The molecule has 4 heteroatoms. The molecule has 2 aromatic rings. The van der Waals surface area contributed by atoms with Crippen LogP contribution < -0.4 is 5.73 Å². The highest BCUT2D eigenvalue weighted by Gasteiger charge is 2.34. The number of aryl methyl sites for hydroxylation is 1. The van der Waals surface area contributed by atoms with Crippen molar-refractivity contribution < 1.29 is 0 Å². The van der Waals surface area contributed by atoms with Gasteiger partial charge >= 0.3 is 0 Å². The molecule has 21 heavy (non-hydrogen) atoms. The van der Waals surface area contributed by atoms with Gasteiger partial charge in [0.05, 0.1) is 0 Å². The van der Waals surface area contributed by atoms with Crippen molar-refractivity contribution in [1.29, 1.82) is 0 Å². The predicted molar refractivity (Wildman–Crippen MR) is 83.8 cm³/mol. The highest BCUT2D eigenvalue weighted by molar-refractivity contribution is 5.36. The second-order valence-electron chi connectivity index (χ2n) is 6.60. The zero-order valence-corrected chi connectivity index (χ0v) is 12.9. The van der Waals surface area contributed by atoms with E-state index in [0.717, 1.165) is 38.1 Å². The van der Waals surface area contributed by atoms with Gasteiger partial charge in [-0.1, -0.05) is 38.1 Å². The van der Waals surface area contributed by atoms with Gasteiger partial charge in [-0.15, -0.1) is 0 Å². The van der Waals surface area contributed by atoms with E-state index in [1.54, 1.807) is 6.33 Å². The Balaban J connectivity index is 1.90. The van der Waals surface area contributed by atoms with Gasteiger partial charge in [-0.3, -0.25) is 0 Å². The van der Waals surface area contributed by atoms with E-state index < -0.39 is 0 Å². The topological polar surface area (TPSA) is 56.7 Å². The highest BCUT2D eigenvalue weighted by atomic mass is 15.3. The summed E-state index contributed by atoms with van der Waals surface area (Å²) < 4.78 is 2.01. The molecule has 1 unspecified atom stereocenters. The van der Waals surface area contributed by atoms with Crippen LogP contribution in [0.3, 0.4) is 0 Å². The lowest BCUT2D eigenvalue weighted by atomic mass is 9.75. The lowest BCUT2D eigenvalue weighted by Crippen LogP contribution is -2.43. The molecule has 1 heterocycles. The van der Waals surface area contributed by atoms with Gasteiger partial charge in [-0.05, 0) is 36.3 Å². The van der Waals surface area contributed by atoms with Gasteiger partial charge in [-0.2, -0.15) is 5.10 Å². The van der Waals surface area contributed by atoms with Crippen molar-refractivity contribution in [3.63, 3.8) is 0 Å². The van der Waals surface area contributed by atoms with Crippen molar-refractivity contribution in [2.75, 3.05) is 0 Å². The molecule has 1 aliphatic carbocycles. The first-order chi connectivity index (χ1) is 10.1. The third kappa shape index (κ3) is 2.86. The summed E-state index contributed by atoms with van der Waals surface area (Å²) in [6, 6.07) is 8.57. The smallest absolute Gasteiger partial charge is 0.138 e. The molecule has 1 atom stereocenters. The summed E-state index contributed by atoms with van der Waals surface area (Å²) in [4.78, 5) is 4.45. The predicted octanol–water partition coefficient (Wildman–Crippen LogP) is 2.67. The zero-order chi connectivity index (χ0) is 14.9. The number of nitrogens with zero attached hydrogens (tertiary/aromatic N) is 3. The molecular weight excluding hydrogens is 260 g/mol. The van der Waals surface area contributed by atoms with Crippen LogP contribution in [0, 0.1) is 5.92 Å². The van der Waals surface area contributed by atoms with E-state index in [1.165, 1.54) is 11.1 Å². The lowest BCUT2D eigenvalue weighted by Gasteiger charge is -2.35. The normalized spacial score (nSPS) is 21.5. The molecule has 0 spiro atoms. The first kappa shape index (κ1) is 14.3. The SMILES string of the molecule is CC(C)Cn1ncnc1CC1(N)CCCc2ccccc21. The average Bonchev–Trinajstić information content (AvgIpc) is 2.85. The Labute approximate surface area is 126 Å². The van der Waals surface area contributed by atoms with E-state index in [2.05, 4.69) is 48.2 Å². The Kier molecular flexibility index (Phi) is 3.81. The molecule has 0 aliphatic heterocycles. The molecule has 0 radical (unpaired) electrons. The fraction of sp³-hybridized carbons (Fsp3) is 0.529. The van der Waals surface area contributed by atoms with E-state index in [0.29, 0.717) is 5.92 Å². The third-order valence-electron chi connectivity index (χ3n) is 4.33. The Hall–Kier alpha value is -1.68. The van der Waals surface area contributed by atoms with Crippen LogP contribution in [0.4, 0.5) is 0 Å². The molecule has 2 N–H and O–H groups in total. The molecule has 1 aliphatic rings. The summed E-state index contributed by atoms with van der Waals surface area (Å²) in [6.07, 6.45) is 5.70. The van der Waals surface area contributed by atoms with Crippen molar-refractivity contribution in [3.8, 4) is 0 Å². The van der Waals surface area contributed by atoms with Crippen LogP contribution in [0.25, 0.3) is 0 Å². The minimum Gasteiger partial charge on any atom is -0.321 e. The van der Waals surface area contributed by atoms with Crippen LogP contribution in [0.1, 0.15) is 43.6 Å². The molecule has 112 valence electrons. The van der Waals surface area contributed by atoms with Crippen molar-refractivity contribution in [1.82, 2.24) is 14.8 Å². The Morgan fingerprint density at radius 3 is 2.95 bits per heavy atom. The minimum atomic E-state index is -0.309. The van der Waals surface area contributed by atoms with Crippen molar-refractivity contribution >= 4 is 0 Å². The van der Waals surface area contributed by atoms with Gasteiger partial charge in [0, 0.05) is 18.5 Å². The molecule has 3 rings (SSSR count). The summed E-state index contributed by atoms with van der Waals surface area (Å²) in [5.41, 5.74) is 9.15. The summed E-state index contributed by atoms with van der Waals surface area (Å²) in [5.74, 6) is 1.56. The maximum Gasteiger partial charge on any atom is 0.138 e. The monoisotopic (exact) mass is 284 g/mol. The maximum atomic E-state index is 6.78. The first-order valence-electron chi connectivity index (χ1n) is 7.82. The molecule has 0 saturated carbocycles. The molecule has 0 fully saturated rings. The van der Waals surface area contributed by atoms with Gasteiger partial charge in [0.2, 0.25) is 0 Å². The molecule has 0 bridgehead atoms. The number of nitrogens with two attached hydrogens (primary N) is 1. The number of benzene rings is 1. The Morgan fingerprint density at radius 1 is 1.33 bits per heavy atom. The number of aromatic nitrogens is 3. The third-order valence-corrected chi connectivity index (χ3v) is 4.33. The highest BCUT2D eigenvalue weighted by Crippen LogP contribution is 2.35. The van der Waals surface area contributed by atoms with Crippen molar-refractivity contribution in [2.24, 2.45) is 11.7 Å². The van der Waals surface area contributed by atoms with Crippen LogP contribution in [0.5, 0.6) is 0 Å². The second-order valence-corrected chi connectivity index (χ2v) is 6.60. The molecule has 0 amide bonds. The number of rotatable bonds is 4. The van der Waals surface area contributed by atoms with E-state index in [1.807, 2.05) is 4.68 Å². The maximum absolute atomic E-state index is 6.78. The minimum absolute atomic E-state index is 0.309. The second kappa shape index (κ2) is 5.60. The quantitative estimate of drug-likeness (QED) is 0.939. The number of hydrogen-bond donors (Lipinski definition) is 1. The van der Waals surface area contributed by atoms with E-state index >= 15 is 0 Å². The van der Waals surface area contributed by atoms with Crippen molar-refractivity contribution in [2.45, 2.75) is 51.6 Å². The van der Waals surface area contributed by atoms with Gasteiger partial charge in [0.25, 0.3) is 0 Å². The Bertz CT molecular complexity index is 617. The van der Waals surface area contributed by atoms with Gasteiger partial charge in [0.15, 0.2) is 0 Å². The number of fused-ring (bicyclic) bond motifs is 1. The lowest BCUT2D eigenvalue weighted by molar-refractivity contribution is 0.348. The standard InChI is InChI=1S/C17H24N4/c1-13(2)11-21-16(19-12-20-21)10-17(18)9-5-7-14-6-3-4-8-15(14)17/h3-4,6,8,12-13H,5,7,9-11,18H2,1-2H3. The average molecular weight is 284 g/mol. The van der Waals surface area contributed by atoms with Crippen LogP contribution in [0.15, 0.2) is 30.6 Å². The van der Waals surface area contributed by atoms with Gasteiger partial charge < -0.3 is 5.73 Å². The molecule has 1 aromatic heterocycles. The largest absolute Gasteiger partial charge is 0.321 e. The van der Waals surface area contributed by atoms with Crippen LogP contribution >= 0.6 is 0 Å². The van der Waals surface area contributed by atoms with Crippen LogP contribution in [-0.2, 0) is 24.9 Å². The Morgan fingerprint density at radius 2 is 2.14 bits per heavy atom. The first-order valence-corrected chi connectivity index (χ1v) is 7.82. The molecular formula is C17H24N4. The fourth-order valence-electron chi connectivity index (χ4n) is 3.34. The van der Waals surface area contributed by atoms with Gasteiger partial charge in [-0.25, -0.2) is 9.67 Å². The fourth-order valence-corrected chi connectivity index (χ4v) is 3.34. The summed E-state index contributed by atoms with van der Waals surface area (Å²) in [6.45, 7) is 5.28. The van der Waals surface area contributed by atoms with Crippen LogP contribution in [-0.4, -0.2) is 14.8 Å². The summed E-state index contributed by atoms with van der Waals surface area (Å²) in [5, 5.41) is 4.36. The molecule has 4 nitrogen and oxygen atoms in total. The van der Waals surface area contributed by atoms with E-state index in [4.69, 9.17) is 5.73 Å². The van der Waals surface area contributed by atoms with Crippen molar-refractivity contribution in [3.05, 3.63) is 47.5 Å². The summed E-state index contributed by atoms with van der Waals surface area (Å²) in [7, 11) is 0. The zero-order valence-electron chi connectivity index (χ0n) is 12.9.